The van der Waals surface area contributed by atoms with Crippen LogP contribution in [0.5, 0.6) is 5.75 Å². The minimum Gasteiger partial charge on any atom is -0.496 e. The average molecular weight is 288 g/mol. The zero-order valence-electron chi connectivity index (χ0n) is 12.7. The molecule has 0 aliphatic rings. The second-order valence-electron chi connectivity index (χ2n) is 5.34. The molecule has 0 aliphatic heterocycles. The van der Waals surface area contributed by atoms with E-state index in [0.29, 0.717) is 11.3 Å². The molecule has 0 fully saturated rings. The molecule has 0 aliphatic carbocycles. The molecular formula is C18H21FO2. The molecule has 0 saturated heterocycles. The summed E-state index contributed by atoms with van der Waals surface area (Å²) in [7, 11) is 1.47. The first-order chi connectivity index (χ1) is 10.0. The highest BCUT2D eigenvalue weighted by Gasteiger charge is 2.32. The third-order valence-electron chi connectivity index (χ3n) is 3.74. The van der Waals surface area contributed by atoms with Crippen LogP contribution in [-0.4, -0.2) is 12.2 Å². The van der Waals surface area contributed by atoms with E-state index in [1.807, 2.05) is 24.3 Å². The average Bonchev–Trinajstić information content (AvgIpc) is 2.47. The van der Waals surface area contributed by atoms with Gasteiger partial charge in [-0.25, -0.2) is 4.39 Å². The van der Waals surface area contributed by atoms with E-state index >= 15 is 0 Å². The summed E-state index contributed by atoms with van der Waals surface area (Å²) in [6, 6.07) is 12.2. The number of aliphatic hydroxyl groups is 1. The first-order valence-corrected chi connectivity index (χ1v) is 7.15. The number of hydrogen-bond donors (Lipinski definition) is 1. The predicted molar refractivity (Wildman–Crippen MR) is 82.1 cm³/mol. The molecule has 2 rings (SSSR count). The minimum atomic E-state index is -1.44. The van der Waals surface area contributed by atoms with Gasteiger partial charge in [0.1, 0.15) is 17.2 Å². The molecule has 3 heteroatoms. The first-order valence-electron chi connectivity index (χ1n) is 7.15. The quantitative estimate of drug-likeness (QED) is 0.899. The molecule has 112 valence electrons. The van der Waals surface area contributed by atoms with Crippen molar-refractivity contribution in [2.24, 2.45) is 0 Å². The highest BCUT2D eigenvalue weighted by molar-refractivity contribution is 5.45. The monoisotopic (exact) mass is 288 g/mol. The molecule has 0 saturated carbocycles. The van der Waals surface area contributed by atoms with E-state index in [2.05, 4.69) is 6.92 Å². The summed E-state index contributed by atoms with van der Waals surface area (Å²) in [5, 5.41) is 10.9. The molecule has 0 radical (unpaired) electrons. The van der Waals surface area contributed by atoms with E-state index in [1.54, 1.807) is 19.1 Å². The SMILES string of the molecule is CCCc1ccc(C(C)(O)c2c(F)cccc2OC)cc1. The second kappa shape index (κ2) is 6.27. The van der Waals surface area contributed by atoms with Gasteiger partial charge in [-0.3, -0.25) is 0 Å². The maximum absolute atomic E-state index is 14.2. The molecular weight excluding hydrogens is 267 g/mol. The van der Waals surface area contributed by atoms with E-state index in [1.165, 1.54) is 18.7 Å². The maximum Gasteiger partial charge on any atom is 0.133 e. The van der Waals surface area contributed by atoms with Gasteiger partial charge in [-0.1, -0.05) is 43.7 Å². The van der Waals surface area contributed by atoms with Gasteiger partial charge >= 0.3 is 0 Å². The topological polar surface area (TPSA) is 29.5 Å². The Kier molecular flexibility index (Phi) is 4.63. The van der Waals surface area contributed by atoms with Gasteiger partial charge in [0.2, 0.25) is 0 Å². The smallest absolute Gasteiger partial charge is 0.133 e. The van der Waals surface area contributed by atoms with Crippen molar-refractivity contribution in [2.75, 3.05) is 7.11 Å². The van der Waals surface area contributed by atoms with Gasteiger partial charge in [0.05, 0.1) is 12.7 Å². The van der Waals surface area contributed by atoms with Gasteiger partial charge in [0.15, 0.2) is 0 Å². The van der Waals surface area contributed by atoms with Gasteiger partial charge in [0.25, 0.3) is 0 Å². The summed E-state index contributed by atoms with van der Waals surface area (Å²) >= 11 is 0. The van der Waals surface area contributed by atoms with Crippen molar-refractivity contribution in [2.45, 2.75) is 32.3 Å². The van der Waals surface area contributed by atoms with Crippen molar-refractivity contribution < 1.29 is 14.2 Å². The summed E-state index contributed by atoms with van der Waals surface area (Å²) in [4.78, 5) is 0. The van der Waals surface area contributed by atoms with Crippen molar-refractivity contribution >= 4 is 0 Å². The van der Waals surface area contributed by atoms with Crippen molar-refractivity contribution in [3.63, 3.8) is 0 Å². The molecule has 21 heavy (non-hydrogen) atoms. The fourth-order valence-electron chi connectivity index (χ4n) is 2.58. The molecule has 0 amide bonds. The van der Waals surface area contributed by atoms with Gasteiger partial charge in [0, 0.05) is 0 Å². The highest BCUT2D eigenvalue weighted by Crippen LogP contribution is 2.37. The Morgan fingerprint density at radius 3 is 2.38 bits per heavy atom. The first kappa shape index (κ1) is 15.5. The van der Waals surface area contributed by atoms with Crippen molar-refractivity contribution in [3.05, 3.63) is 65.0 Å². The minimum absolute atomic E-state index is 0.163. The molecule has 1 N–H and O–H groups in total. The van der Waals surface area contributed by atoms with Crippen LogP contribution in [0.25, 0.3) is 0 Å². The molecule has 0 spiro atoms. The van der Waals surface area contributed by atoms with Crippen LogP contribution in [0, 0.1) is 5.82 Å². The van der Waals surface area contributed by atoms with Gasteiger partial charge in [-0.05, 0) is 36.6 Å². The molecule has 0 bridgehead atoms. The second-order valence-corrected chi connectivity index (χ2v) is 5.34. The van der Waals surface area contributed by atoms with E-state index in [4.69, 9.17) is 4.74 Å². The van der Waals surface area contributed by atoms with Crippen LogP contribution in [0.3, 0.4) is 0 Å². The molecule has 0 aromatic heterocycles. The number of methoxy groups -OCH3 is 1. The number of hydrogen-bond acceptors (Lipinski definition) is 2. The maximum atomic E-state index is 14.2. The molecule has 0 heterocycles. The molecule has 1 unspecified atom stereocenters. The largest absolute Gasteiger partial charge is 0.496 e. The summed E-state index contributed by atoms with van der Waals surface area (Å²) in [6.45, 7) is 3.71. The van der Waals surface area contributed by atoms with E-state index < -0.39 is 11.4 Å². The Hall–Kier alpha value is -1.87. The Morgan fingerprint density at radius 1 is 1.14 bits per heavy atom. The van der Waals surface area contributed by atoms with Crippen molar-refractivity contribution in [1.82, 2.24) is 0 Å². The Labute approximate surface area is 125 Å². The predicted octanol–water partition coefficient (Wildman–Crippen LogP) is 4.04. The lowest BCUT2D eigenvalue weighted by molar-refractivity contribution is 0.0945. The van der Waals surface area contributed by atoms with Gasteiger partial charge in [-0.2, -0.15) is 0 Å². The van der Waals surface area contributed by atoms with E-state index in [9.17, 15) is 9.50 Å². The lowest BCUT2D eigenvalue weighted by Gasteiger charge is -2.27. The Morgan fingerprint density at radius 2 is 1.81 bits per heavy atom. The summed E-state index contributed by atoms with van der Waals surface area (Å²) in [6.07, 6.45) is 2.06. The normalized spacial score (nSPS) is 13.8. The fraction of sp³-hybridized carbons (Fsp3) is 0.333. The number of halogens is 1. The summed E-state index contributed by atoms with van der Waals surface area (Å²) in [5.41, 5.74) is 0.570. The van der Waals surface area contributed by atoms with Crippen LogP contribution in [0.1, 0.15) is 37.0 Å². The number of aryl methyl sites for hydroxylation is 1. The van der Waals surface area contributed by atoms with Crippen LogP contribution in [0.4, 0.5) is 4.39 Å². The Bertz CT molecular complexity index is 603. The van der Waals surface area contributed by atoms with Crippen LogP contribution in [0.2, 0.25) is 0 Å². The zero-order valence-corrected chi connectivity index (χ0v) is 12.7. The third kappa shape index (κ3) is 3.08. The lowest BCUT2D eigenvalue weighted by atomic mass is 9.86. The summed E-state index contributed by atoms with van der Waals surface area (Å²) < 4.78 is 19.4. The van der Waals surface area contributed by atoms with Crippen LogP contribution >= 0.6 is 0 Å². The van der Waals surface area contributed by atoms with Crippen LogP contribution < -0.4 is 4.74 Å². The standard InChI is InChI=1S/C18H21FO2/c1-4-6-13-9-11-14(12-10-13)18(2,20)17-15(19)7-5-8-16(17)21-3/h5,7-12,20H,4,6H2,1-3H3. The van der Waals surface area contributed by atoms with Gasteiger partial charge in [-0.15, -0.1) is 0 Å². The number of benzene rings is 2. The van der Waals surface area contributed by atoms with E-state index in [0.717, 1.165) is 12.8 Å². The Balaban J connectivity index is 2.46. The highest BCUT2D eigenvalue weighted by atomic mass is 19.1. The van der Waals surface area contributed by atoms with Crippen molar-refractivity contribution in [1.29, 1.82) is 0 Å². The third-order valence-corrected chi connectivity index (χ3v) is 3.74. The zero-order chi connectivity index (χ0) is 15.5. The van der Waals surface area contributed by atoms with Crippen LogP contribution in [-0.2, 0) is 12.0 Å². The van der Waals surface area contributed by atoms with Gasteiger partial charge < -0.3 is 9.84 Å². The molecule has 2 nitrogen and oxygen atoms in total. The van der Waals surface area contributed by atoms with E-state index in [-0.39, 0.29) is 5.56 Å². The molecule has 2 aromatic rings. The molecule has 1 atom stereocenters. The van der Waals surface area contributed by atoms with Crippen LogP contribution in [0.15, 0.2) is 42.5 Å². The lowest BCUT2D eigenvalue weighted by Crippen LogP contribution is -2.25. The van der Waals surface area contributed by atoms with Crippen molar-refractivity contribution in [3.8, 4) is 5.75 Å². The number of ether oxygens (including phenoxy) is 1. The molecule has 2 aromatic carbocycles. The summed E-state index contributed by atoms with van der Waals surface area (Å²) in [5.74, 6) is -0.130. The fourth-order valence-corrected chi connectivity index (χ4v) is 2.58. The number of rotatable bonds is 5.